The van der Waals surface area contributed by atoms with Crippen LogP contribution in [0.2, 0.25) is 0 Å². The molecule has 0 bridgehead atoms. The number of hydrogen-bond acceptors (Lipinski definition) is 8. The van der Waals surface area contributed by atoms with E-state index in [-0.39, 0.29) is 19.4 Å². The monoisotopic (exact) mass is 401 g/mol. The lowest BCUT2D eigenvalue weighted by Gasteiger charge is -2.41. The second-order valence-electron chi connectivity index (χ2n) is 8.73. The van der Waals surface area contributed by atoms with E-state index >= 15 is 0 Å². The van der Waals surface area contributed by atoms with Crippen molar-refractivity contribution in [2.75, 3.05) is 13.1 Å². The molecular weight excluding hydrogens is 370 g/mol. The van der Waals surface area contributed by atoms with Gasteiger partial charge in [-0.25, -0.2) is 19.3 Å². The van der Waals surface area contributed by atoms with E-state index < -0.39 is 53.3 Å². The molecule has 0 aromatic heterocycles. The number of hydrogen-bond donors (Lipinski definition) is 3. The molecule has 1 aliphatic heterocycles. The van der Waals surface area contributed by atoms with Crippen LogP contribution in [0.3, 0.4) is 0 Å². The molecule has 0 spiro atoms. The van der Waals surface area contributed by atoms with Gasteiger partial charge in [0, 0.05) is 12.5 Å². The predicted molar refractivity (Wildman–Crippen MR) is 99.4 cm³/mol. The van der Waals surface area contributed by atoms with Gasteiger partial charge >= 0.3 is 18.0 Å². The highest BCUT2D eigenvalue weighted by molar-refractivity contribution is 6.04. The van der Waals surface area contributed by atoms with Crippen LogP contribution in [-0.2, 0) is 23.9 Å². The maximum Gasteiger partial charge on any atom is 0.417 e. The number of imide groups is 1. The molecule has 1 saturated heterocycles. The van der Waals surface area contributed by atoms with Crippen LogP contribution in [0.5, 0.6) is 0 Å². The number of carbonyl (C=O) groups excluding carboxylic acids is 3. The predicted octanol–water partition coefficient (Wildman–Crippen LogP) is 0.626. The van der Waals surface area contributed by atoms with Crippen molar-refractivity contribution in [3.05, 3.63) is 0 Å². The third kappa shape index (κ3) is 5.90. The first kappa shape index (κ1) is 23.8. The highest BCUT2D eigenvalue weighted by Gasteiger charge is 2.54. The number of carboxylic acid groups (broad SMARTS) is 1. The van der Waals surface area contributed by atoms with Crippen LogP contribution in [0.1, 0.15) is 54.4 Å². The lowest BCUT2D eigenvalue weighted by Crippen LogP contribution is -2.67. The maximum atomic E-state index is 12.7. The van der Waals surface area contributed by atoms with E-state index in [0.717, 1.165) is 4.90 Å². The Labute approximate surface area is 164 Å². The number of ether oxygens (including phenoxy) is 2. The Morgan fingerprint density at radius 1 is 1.11 bits per heavy atom. The molecule has 0 aliphatic carbocycles. The average Bonchev–Trinajstić information content (AvgIpc) is 2.51. The summed E-state index contributed by atoms with van der Waals surface area (Å²) in [5, 5.41) is 12.5. The fourth-order valence-electron chi connectivity index (χ4n) is 2.84. The molecule has 0 unspecified atom stereocenters. The van der Waals surface area contributed by atoms with Gasteiger partial charge in [-0.2, -0.15) is 0 Å². The molecule has 2 amide bonds. The third-order valence-electron chi connectivity index (χ3n) is 3.96. The van der Waals surface area contributed by atoms with Crippen LogP contribution in [0.15, 0.2) is 0 Å². The number of esters is 1. The molecule has 10 heteroatoms. The summed E-state index contributed by atoms with van der Waals surface area (Å²) in [5.74, 6) is -3.15. The lowest BCUT2D eigenvalue weighted by molar-refractivity contribution is -0.174. The van der Waals surface area contributed by atoms with Gasteiger partial charge in [0.1, 0.15) is 11.2 Å². The fraction of sp³-hybridized carbons (Fsp3) is 0.778. The summed E-state index contributed by atoms with van der Waals surface area (Å²) in [6, 6.07) is -0.893. The van der Waals surface area contributed by atoms with Gasteiger partial charge in [-0.3, -0.25) is 10.1 Å². The Kier molecular flexibility index (Phi) is 7.18. The van der Waals surface area contributed by atoms with Crippen LogP contribution in [0.4, 0.5) is 4.79 Å². The molecule has 0 aromatic carbocycles. The second kappa shape index (κ2) is 8.44. The zero-order valence-corrected chi connectivity index (χ0v) is 17.3. The Bertz CT molecular complexity index is 636. The second-order valence-corrected chi connectivity index (χ2v) is 8.73. The number of carboxylic acids is 1. The molecule has 1 heterocycles. The van der Waals surface area contributed by atoms with Crippen molar-refractivity contribution in [1.29, 1.82) is 0 Å². The van der Waals surface area contributed by atoms with Crippen molar-refractivity contribution in [3.8, 4) is 0 Å². The number of nitrogens with one attached hydrogen (secondary N) is 1. The molecular formula is C18H31N3O7. The maximum absolute atomic E-state index is 12.7. The fourth-order valence-corrected chi connectivity index (χ4v) is 2.84. The van der Waals surface area contributed by atoms with E-state index in [2.05, 4.69) is 5.32 Å². The van der Waals surface area contributed by atoms with Gasteiger partial charge < -0.3 is 20.3 Å². The zero-order chi connectivity index (χ0) is 21.9. The number of rotatable bonds is 4. The molecule has 160 valence electrons. The normalized spacial score (nSPS) is 22.9. The SMILES string of the molecule is CC(C)(C)OC(=O)N(C(=O)CN)[C@H]1CCN[C@](C(=O)O)(C(=O)OC(C)(C)C)C1. The van der Waals surface area contributed by atoms with Gasteiger partial charge in [0.2, 0.25) is 11.4 Å². The first-order valence-electron chi connectivity index (χ1n) is 9.10. The number of piperidine rings is 1. The highest BCUT2D eigenvalue weighted by Crippen LogP contribution is 2.28. The topological polar surface area (TPSA) is 148 Å². The minimum atomic E-state index is -2.09. The largest absolute Gasteiger partial charge is 0.479 e. The van der Waals surface area contributed by atoms with Gasteiger partial charge in [-0.05, 0) is 54.5 Å². The molecule has 0 radical (unpaired) electrons. The smallest absolute Gasteiger partial charge is 0.417 e. The minimum absolute atomic E-state index is 0.0767. The number of aliphatic carboxylic acids is 1. The third-order valence-corrected chi connectivity index (χ3v) is 3.96. The number of nitrogens with two attached hydrogens (primary N) is 1. The molecule has 1 fully saturated rings. The van der Waals surface area contributed by atoms with Crippen LogP contribution >= 0.6 is 0 Å². The first-order valence-corrected chi connectivity index (χ1v) is 9.10. The van der Waals surface area contributed by atoms with Crippen molar-refractivity contribution in [2.24, 2.45) is 5.73 Å². The van der Waals surface area contributed by atoms with Crippen LogP contribution < -0.4 is 11.1 Å². The van der Waals surface area contributed by atoms with E-state index in [1.54, 1.807) is 41.5 Å². The van der Waals surface area contributed by atoms with Crippen LogP contribution in [0.25, 0.3) is 0 Å². The standard InChI is InChI=1S/C18H31N3O7/c1-16(2,3)27-14(25)18(13(23)24)9-11(7-8-20-18)21(12(22)10-19)15(26)28-17(4,5)6/h11,20H,7-10,19H2,1-6H3,(H,23,24)/t11-,18+/m0/s1. The summed E-state index contributed by atoms with van der Waals surface area (Å²) >= 11 is 0. The van der Waals surface area contributed by atoms with Gasteiger partial charge in [0.15, 0.2) is 0 Å². The molecule has 0 aromatic rings. The molecule has 1 rings (SSSR count). The molecule has 2 atom stereocenters. The molecule has 0 saturated carbocycles. The van der Waals surface area contributed by atoms with Crippen molar-refractivity contribution in [1.82, 2.24) is 10.2 Å². The van der Waals surface area contributed by atoms with E-state index in [1.807, 2.05) is 0 Å². The van der Waals surface area contributed by atoms with Crippen molar-refractivity contribution in [2.45, 2.75) is 77.2 Å². The van der Waals surface area contributed by atoms with Crippen LogP contribution in [0, 0.1) is 0 Å². The highest BCUT2D eigenvalue weighted by atomic mass is 16.6. The molecule has 4 N–H and O–H groups in total. The average molecular weight is 401 g/mol. The summed E-state index contributed by atoms with van der Waals surface area (Å²) in [6.45, 7) is 9.38. The van der Waals surface area contributed by atoms with E-state index in [4.69, 9.17) is 15.2 Å². The molecule has 1 aliphatic rings. The van der Waals surface area contributed by atoms with E-state index in [1.165, 1.54) is 0 Å². The van der Waals surface area contributed by atoms with E-state index in [0.29, 0.717) is 0 Å². The minimum Gasteiger partial charge on any atom is -0.479 e. The van der Waals surface area contributed by atoms with Crippen molar-refractivity contribution in [3.63, 3.8) is 0 Å². The quantitative estimate of drug-likeness (QED) is 0.455. The Balaban J connectivity index is 3.23. The van der Waals surface area contributed by atoms with Gasteiger partial charge in [-0.15, -0.1) is 0 Å². The summed E-state index contributed by atoms with van der Waals surface area (Å²) in [6.07, 6.45) is -1.05. The summed E-state index contributed by atoms with van der Waals surface area (Å²) < 4.78 is 10.5. The summed E-state index contributed by atoms with van der Waals surface area (Å²) in [5.41, 5.74) is 1.56. The Morgan fingerprint density at radius 2 is 1.64 bits per heavy atom. The van der Waals surface area contributed by atoms with E-state index in [9.17, 15) is 24.3 Å². The van der Waals surface area contributed by atoms with Crippen LogP contribution in [-0.4, -0.2) is 69.8 Å². The Hall–Kier alpha value is -2.20. The van der Waals surface area contributed by atoms with Crippen molar-refractivity contribution < 1.29 is 33.8 Å². The number of carbonyl (C=O) groups is 4. The summed E-state index contributed by atoms with van der Waals surface area (Å²) in [4.78, 5) is 50.4. The van der Waals surface area contributed by atoms with Gasteiger partial charge in [-0.1, -0.05) is 0 Å². The molecule has 28 heavy (non-hydrogen) atoms. The number of nitrogens with zero attached hydrogens (tertiary/aromatic N) is 1. The van der Waals surface area contributed by atoms with Gasteiger partial charge in [0.25, 0.3) is 0 Å². The zero-order valence-electron chi connectivity index (χ0n) is 17.3. The van der Waals surface area contributed by atoms with Crippen molar-refractivity contribution >= 4 is 23.9 Å². The summed E-state index contributed by atoms with van der Waals surface area (Å²) in [7, 11) is 0. The molecule has 10 nitrogen and oxygen atoms in total. The Morgan fingerprint density at radius 3 is 2.07 bits per heavy atom. The number of amides is 2. The lowest BCUT2D eigenvalue weighted by atomic mass is 9.84. The first-order chi connectivity index (χ1) is 12.6. The van der Waals surface area contributed by atoms with Gasteiger partial charge in [0.05, 0.1) is 6.54 Å².